The van der Waals surface area contributed by atoms with Crippen LogP contribution < -0.4 is 0 Å². The Morgan fingerprint density at radius 2 is 2.00 bits per heavy atom. The smallest absolute Gasteiger partial charge is 0.168 e. The largest absolute Gasteiger partial charge is 0.353 e. The Labute approximate surface area is 66.7 Å². The second kappa shape index (κ2) is 3.32. The molecule has 1 rings (SSSR count). The molecule has 1 fully saturated rings. The van der Waals surface area contributed by atoms with Crippen molar-refractivity contribution >= 4 is 6.29 Å². The molecule has 1 aliphatic carbocycles. The van der Waals surface area contributed by atoms with E-state index in [4.69, 9.17) is 9.47 Å². The second-order valence-corrected chi connectivity index (χ2v) is 3.00. The number of ether oxygens (including phenoxy) is 2. The Hall–Kier alpha value is -0.410. The molecule has 0 atom stereocenters. The highest BCUT2D eigenvalue weighted by Gasteiger charge is 2.44. The van der Waals surface area contributed by atoms with Crippen LogP contribution in [0.15, 0.2) is 0 Å². The van der Waals surface area contributed by atoms with Crippen LogP contribution in [-0.4, -0.2) is 26.3 Å². The summed E-state index contributed by atoms with van der Waals surface area (Å²) in [6.45, 7) is 0. The summed E-state index contributed by atoms with van der Waals surface area (Å²) in [5.74, 6) is 0.0839. The van der Waals surface area contributed by atoms with Gasteiger partial charge in [0.25, 0.3) is 0 Å². The Morgan fingerprint density at radius 1 is 1.45 bits per heavy atom. The maximum Gasteiger partial charge on any atom is 0.168 e. The van der Waals surface area contributed by atoms with Crippen molar-refractivity contribution in [2.75, 3.05) is 14.2 Å². The first-order chi connectivity index (χ1) is 5.26. The summed E-state index contributed by atoms with van der Waals surface area (Å²) in [5.41, 5.74) is 0. The van der Waals surface area contributed by atoms with Gasteiger partial charge in [-0.3, -0.25) is 0 Å². The normalized spacial score (nSPS) is 22.7. The van der Waals surface area contributed by atoms with Gasteiger partial charge in [0.1, 0.15) is 6.29 Å². The third-order valence-electron chi connectivity index (χ3n) is 2.37. The molecular weight excluding hydrogens is 144 g/mol. The molecule has 0 amide bonds. The van der Waals surface area contributed by atoms with Gasteiger partial charge in [-0.15, -0.1) is 0 Å². The summed E-state index contributed by atoms with van der Waals surface area (Å²) in [6, 6.07) is 0. The van der Waals surface area contributed by atoms with Crippen LogP contribution in [0.4, 0.5) is 0 Å². The fourth-order valence-electron chi connectivity index (χ4n) is 1.54. The molecule has 0 heterocycles. The Morgan fingerprint density at radius 3 is 2.36 bits per heavy atom. The van der Waals surface area contributed by atoms with E-state index >= 15 is 0 Å². The minimum Gasteiger partial charge on any atom is -0.353 e. The van der Waals surface area contributed by atoms with E-state index in [2.05, 4.69) is 0 Å². The van der Waals surface area contributed by atoms with Crippen molar-refractivity contribution < 1.29 is 14.3 Å². The fourth-order valence-corrected chi connectivity index (χ4v) is 1.54. The SMILES string of the molecule is COC1(OC)CC(CC=O)C1. The number of rotatable bonds is 4. The Kier molecular flexibility index (Phi) is 2.62. The van der Waals surface area contributed by atoms with Gasteiger partial charge in [0.15, 0.2) is 5.79 Å². The highest BCUT2D eigenvalue weighted by molar-refractivity contribution is 5.50. The molecule has 1 saturated carbocycles. The topological polar surface area (TPSA) is 35.5 Å². The lowest BCUT2D eigenvalue weighted by atomic mass is 9.77. The van der Waals surface area contributed by atoms with Gasteiger partial charge in [0, 0.05) is 33.5 Å². The highest BCUT2D eigenvalue weighted by atomic mass is 16.7. The van der Waals surface area contributed by atoms with Crippen molar-refractivity contribution in [3.05, 3.63) is 0 Å². The van der Waals surface area contributed by atoms with Crippen LogP contribution in [0.25, 0.3) is 0 Å². The number of hydrogen-bond acceptors (Lipinski definition) is 3. The van der Waals surface area contributed by atoms with Crippen LogP contribution in [0.3, 0.4) is 0 Å². The average molecular weight is 158 g/mol. The van der Waals surface area contributed by atoms with Crippen molar-refractivity contribution in [1.29, 1.82) is 0 Å². The maximum atomic E-state index is 10.1. The van der Waals surface area contributed by atoms with E-state index in [0.29, 0.717) is 12.3 Å². The molecule has 64 valence electrons. The third-order valence-corrected chi connectivity index (χ3v) is 2.37. The van der Waals surface area contributed by atoms with Gasteiger partial charge in [-0.25, -0.2) is 0 Å². The lowest BCUT2D eigenvalue weighted by molar-refractivity contribution is -0.269. The predicted molar refractivity (Wildman–Crippen MR) is 40.2 cm³/mol. The molecule has 0 N–H and O–H groups in total. The molecule has 0 radical (unpaired) electrons. The summed E-state index contributed by atoms with van der Waals surface area (Å²) in [7, 11) is 3.28. The van der Waals surface area contributed by atoms with E-state index in [1.807, 2.05) is 0 Å². The van der Waals surface area contributed by atoms with Crippen LogP contribution in [0.2, 0.25) is 0 Å². The van der Waals surface area contributed by atoms with Crippen molar-refractivity contribution in [2.24, 2.45) is 5.92 Å². The van der Waals surface area contributed by atoms with Crippen LogP contribution in [0.1, 0.15) is 19.3 Å². The molecule has 0 spiro atoms. The van der Waals surface area contributed by atoms with E-state index in [0.717, 1.165) is 19.1 Å². The number of hydrogen-bond donors (Lipinski definition) is 0. The third kappa shape index (κ3) is 1.60. The summed E-state index contributed by atoms with van der Waals surface area (Å²) in [5, 5.41) is 0. The lowest BCUT2D eigenvalue weighted by Crippen LogP contribution is -2.47. The second-order valence-electron chi connectivity index (χ2n) is 3.00. The number of aldehydes is 1. The van der Waals surface area contributed by atoms with Crippen LogP contribution in [0.5, 0.6) is 0 Å². The van der Waals surface area contributed by atoms with Crippen molar-refractivity contribution in [1.82, 2.24) is 0 Å². The molecule has 0 unspecified atom stereocenters. The van der Waals surface area contributed by atoms with Gasteiger partial charge in [-0.2, -0.15) is 0 Å². The van der Waals surface area contributed by atoms with Gasteiger partial charge in [0.2, 0.25) is 0 Å². The molecule has 0 aliphatic heterocycles. The molecule has 1 aliphatic rings. The Balaban J connectivity index is 2.29. The molecule has 0 bridgehead atoms. The van der Waals surface area contributed by atoms with Crippen LogP contribution in [-0.2, 0) is 14.3 Å². The zero-order valence-electron chi connectivity index (χ0n) is 7.00. The van der Waals surface area contributed by atoms with E-state index in [-0.39, 0.29) is 5.79 Å². The van der Waals surface area contributed by atoms with Gasteiger partial charge in [-0.05, 0) is 5.92 Å². The van der Waals surface area contributed by atoms with Gasteiger partial charge in [0.05, 0.1) is 0 Å². The van der Waals surface area contributed by atoms with Crippen molar-refractivity contribution in [3.63, 3.8) is 0 Å². The first-order valence-electron chi connectivity index (χ1n) is 3.80. The highest BCUT2D eigenvalue weighted by Crippen LogP contribution is 2.42. The Bertz CT molecular complexity index is 132. The first-order valence-corrected chi connectivity index (χ1v) is 3.80. The summed E-state index contributed by atoms with van der Waals surface area (Å²) >= 11 is 0. The predicted octanol–water partition coefficient (Wildman–Crippen LogP) is 0.975. The van der Waals surface area contributed by atoms with Gasteiger partial charge in [-0.1, -0.05) is 0 Å². The minimum atomic E-state index is -0.381. The van der Waals surface area contributed by atoms with E-state index in [1.54, 1.807) is 14.2 Å². The van der Waals surface area contributed by atoms with Gasteiger partial charge < -0.3 is 14.3 Å². The number of carbonyl (C=O) groups is 1. The molecular formula is C8H14O3. The number of methoxy groups -OCH3 is 2. The monoisotopic (exact) mass is 158 g/mol. The number of carbonyl (C=O) groups excluding carboxylic acids is 1. The van der Waals surface area contributed by atoms with Crippen LogP contribution in [0, 0.1) is 5.92 Å². The molecule has 0 saturated heterocycles. The lowest BCUT2D eigenvalue weighted by Gasteiger charge is -2.44. The minimum absolute atomic E-state index is 0.381. The van der Waals surface area contributed by atoms with Crippen molar-refractivity contribution in [2.45, 2.75) is 25.0 Å². The first kappa shape index (κ1) is 8.68. The van der Waals surface area contributed by atoms with Gasteiger partial charge >= 0.3 is 0 Å². The average Bonchev–Trinajstić information content (AvgIpc) is 1.96. The summed E-state index contributed by atoms with van der Waals surface area (Å²) in [6.07, 6.45) is 3.28. The van der Waals surface area contributed by atoms with Crippen LogP contribution >= 0.6 is 0 Å². The van der Waals surface area contributed by atoms with E-state index in [1.165, 1.54) is 0 Å². The summed E-state index contributed by atoms with van der Waals surface area (Å²) in [4.78, 5) is 10.1. The molecule has 0 aromatic heterocycles. The molecule has 3 nitrogen and oxygen atoms in total. The van der Waals surface area contributed by atoms with Crippen molar-refractivity contribution in [3.8, 4) is 0 Å². The van der Waals surface area contributed by atoms with E-state index < -0.39 is 0 Å². The molecule has 3 heteroatoms. The molecule has 0 aromatic carbocycles. The molecule has 11 heavy (non-hydrogen) atoms. The zero-order chi connectivity index (χ0) is 8.32. The summed E-state index contributed by atoms with van der Waals surface area (Å²) < 4.78 is 10.3. The molecule has 0 aromatic rings. The van der Waals surface area contributed by atoms with E-state index in [9.17, 15) is 4.79 Å². The zero-order valence-corrected chi connectivity index (χ0v) is 7.00. The standard InChI is InChI=1S/C8H14O3/c1-10-8(11-2)5-7(6-8)3-4-9/h4,7H,3,5-6H2,1-2H3. The fraction of sp³-hybridized carbons (Fsp3) is 0.875. The quantitative estimate of drug-likeness (QED) is 0.452. The maximum absolute atomic E-state index is 10.1.